The van der Waals surface area contributed by atoms with Crippen LogP contribution in [-0.4, -0.2) is 10.5 Å². The Balaban J connectivity index is 0.00000200. The summed E-state index contributed by atoms with van der Waals surface area (Å²) in [5.74, 6) is -0.958. The average molecular weight is 281 g/mol. The molecule has 102 valence electrons. The first-order valence-corrected chi connectivity index (χ1v) is 6.76. The third-order valence-electron chi connectivity index (χ3n) is 3.85. The van der Waals surface area contributed by atoms with Gasteiger partial charge in [0.25, 0.3) is 0 Å². The first-order valence-electron chi connectivity index (χ1n) is 6.76. The second kappa shape index (κ2) is 7.30. The van der Waals surface area contributed by atoms with Crippen molar-refractivity contribution >= 4 is 16.9 Å². The van der Waals surface area contributed by atoms with Gasteiger partial charge in [0, 0.05) is 29.1 Å². The molecule has 0 N–H and O–H groups in total. The zero-order chi connectivity index (χ0) is 14.0. The van der Waals surface area contributed by atoms with E-state index in [1.807, 2.05) is 0 Å². The second-order valence-corrected chi connectivity index (χ2v) is 5.21. The van der Waals surface area contributed by atoms with Crippen molar-refractivity contribution in [2.75, 3.05) is 0 Å². The monoisotopic (exact) mass is 281 g/mol. The molecular formula is C16H20NNaO2. The molecule has 3 nitrogen and oxygen atoms in total. The first kappa shape index (κ1) is 17.3. The van der Waals surface area contributed by atoms with Crippen molar-refractivity contribution in [1.29, 1.82) is 0 Å². The van der Waals surface area contributed by atoms with Crippen LogP contribution in [-0.2, 0) is 11.3 Å². The van der Waals surface area contributed by atoms with Gasteiger partial charge in [-0.15, -0.1) is 0 Å². The maximum absolute atomic E-state index is 10.4. The molecule has 0 radical (unpaired) electrons. The van der Waals surface area contributed by atoms with E-state index in [0.717, 1.165) is 13.0 Å². The summed E-state index contributed by atoms with van der Waals surface area (Å²) in [7, 11) is 0. The van der Waals surface area contributed by atoms with Crippen LogP contribution < -0.4 is 34.7 Å². The quantitative estimate of drug-likeness (QED) is 0.547. The summed E-state index contributed by atoms with van der Waals surface area (Å²) < 4.78 is 2.27. The van der Waals surface area contributed by atoms with E-state index in [1.54, 1.807) is 0 Å². The van der Waals surface area contributed by atoms with Gasteiger partial charge in [0.05, 0.1) is 0 Å². The number of fused-ring (bicyclic) bond motifs is 1. The number of hydrogen-bond acceptors (Lipinski definition) is 2. The molecule has 1 aromatic carbocycles. The molecule has 1 heterocycles. The minimum Gasteiger partial charge on any atom is -0.550 e. The SMILES string of the molecule is Cc1ccc2c(cc(C)n2CCCCC(=O)[O-])c1C.[Na+]. The van der Waals surface area contributed by atoms with Gasteiger partial charge in [0.15, 0.2) is 0 Å². The van der Waals surface area contributed by atoms with Gasteiger partial charge in [0.2, 0.25) is 0 Å². The predicted molar refractivity (Wildman–Crippen MR) is 75.0 cm³/mol. The van der Waals surface area contributed by atoms with E-state index in [1.165, 1.54) is 27.7 Å². The van der Waals surface area contributed by atoms with Gasteiger partial charge < -0.3 is 14.5 Å². The second-order valence-electron chi connectivity index (χ2n) is 5.21. The Morgan fingerprint density at radius 3 is 2.55 bits per heavy atom. The molecule has 0 atom stereocenters. The fourth-order valence-corrected chi connectivity index (χ4v) is 2.55. The smallest absolute Gasteiger partial charge is 0.550 e. The molecule has 0 fully saturated rings. The van der Waals surface area contributed by atoms with Crippen LogP contribution in [0.2, 0.25) is 0 Å². The molecule has 0 spiro atoms. The van der Waals surface area contributed by atoms with Gasteiger partial charge in [-0.25, -0.2) is 0 Å². The van der Waals surface area contributed by atoms with Gasteiger partial charge in [-0.1, -0.05) is 6.07 Å². The molecule has 0 amide bonds. The van der Waals surface area contributed by atoms with E-state index in [0.29, 0.717) is 6.42 Å². The fraction of sp³-hybridized carbons (Fsp3) is 0.438. The van der Waals surface area contributed by atoms with Crippen LogP contribution in [0.3, 0.4) is 0 Å². The van der Waals surface area contributed by atoms with Crippen molar-refractivity contribution in [2.45, 2.75) is 46.6 Å². The van der Waals surface area contributed by atoms with E-state index in [4.69, 9.17) is 0 Å². The number of benzene rings is 1. The zero-order valence-electron chi connectivity index (χ0n) is 12.8. The molecule has 0 saturated carbocycles. The molecule has 4 heteroatoms. The summed E-state index contributed by atoms with van der Waals surface area (Å²) in [6.45, 7) is 7.25. The Morgan fingerprint density at radius 2 is 1.90 bits per heavy atom. The molecule has 0 unspecified atom stereocenters. The molecule has 0 aliphatic heterocycles. The summed E-state index contributed by atoms with van der Waals surface area (Å²) in [5, 5.41) is 11.7. The summed E-state index contributed by atoms with van der Waals surface area (Å²) in [6.07, 6.45) is 1.69. The number of carbonyl (C=O) groups excluding carboxylic acids is 1. The van der Waals surface area contributed by atoms with Crippen molar-refractivity contribution in [2.24, 2.45) is 0 Å². The number of hydrogen-bond donors (Lipinski definition) is 0. The van der Waals surface area contributed by atoms with Gasteiger partial charge in [-0.05, 0) is 63.3 Å². The summed E-state index contributed by atoms with van der Waals surface area (Å²) >= 11 is 0. The van der Waals surface area contributed by atoms with Crippen LogP contribution in [0.4, 0.5) is 0 Å². The van der Waals surface area contributed by atoms with Gasteiger partial charge in [-0.3, -0.25) is 0 Å². The standard InChI is InChI=1S/C16H21NO2.Na/c1-11-7-8-15-14(13(11)3)10-12(2)17(15)9-5-4-6-16(18)19;/h7-8,10H,4-6,9H2,1-3H3,(H,18,19);/q;+1/p-1. The third-order valence-corrected chi connectivity index (χ3v) is 3.85. The van der Waals surface area contributed by atoms with Crippen molar-refractivity contribution < 1.29 is 39.5 Å². The Labute approximate surface area is 142 Å². The van der Waals surface area contributed by atoms with Crippen molar-refractivity contribution in [3.05, 3.63) is 35.0 Å². The largest absolute Gasteiger partial charge is 1.00 e. The number of carbonyl (C=O) groups is 1. The van der Waals surface area contributed by atoms with E-state index < -0.39 is 5.97 Å². The van der Waals surface area contributed by atoms with Crippen LogP contribution in [0.5, 0.6) is 0 Å². The number of carboxylic acid groups (broad SMARTS) is 1. The summed E-state index contributed by atoms with van der Waals surface area (Å²) in [4.78, 5) is 10.4. The number of aliphatic carboxylic acids is 1. The third kappa shape index (κ3) is 3.66. The van der Waals surface area contributed by atoms with Crippen LogP contribution in [0.1, 0.15) is 36.1 Å². The fourth-order valence-electron chi connectivity index (χ4n) is 2.55. The molecule has 1 aromatic heterocycles. The maximum atomic E-state index is 10.4. The van der Waals surface area contributed by atoms with Crippen molar-refractivity contribution in [1.82, 2.24) is 4.57 Å². The molecule has 0 bridgehead atoms. The van der Waals surface area contributed by atoms with E-state index in [2.05, 4.69) is 43.5 Å². The maximum Gasteiger partial charge on any atom is 1.00 e. The van der Waals surface area contributed by atoms with Gasteiger partial charge in [-0.2, -0.15) is 0 Å². The predicted octanol–water partition coefficient (Wildman–Crippen LogP) is -0.509. The summed E-state index contributed by atoms with van der Waals surface area (Å²) in [6, 6.07) is 6.52. The molecule has 2 aromatic rings. The van der Waals surface area contributed by atoms with Crippen LogP contribution in [0.25, 0.3) is 10.9 Å². The van der Waals surface area contributed by atoms with E-state index in [-0.39, 0.29) is 36.0 Å². The number of unbranched alkanes of at least 4 members (excludes halogenated alkanes) is 1. The Bertz CT molecular complexity index is 616. The first-order chi connectivity index (χ1) is 9.00. The van der Waals surface area contributed by atoms with E-state index in [9.17, 15) is 9.90 Å². The minimum atomic E-state index is -0.958. The Kier molecular flexibility index (Phi) is 6.31. The molecule has 2 rings (SSSR count). The number of aryl methyl sites for hydroxylation is 4. The topological polar surface area (TPSA) is 45.1 Å². The number of aromatic nitrogens is 1. The Morgan fingerprint density at radius 1 is 1.20 bits per heavy atom. The summed E-state index contributed by atoms with van der Waals surface area (Å²) in [5.41, 5.74) is 5.11. The van der Waals surface area contributed by atoms with E-state index >= 15 is 0 Å². The zero-order valence-corrected chi connectivity index (χ0v) is 14.8. The minimum absolute atomic E-state index is 0. The van der Waals surface area contributed by atoms with Crippen LogP contribution in [0.15, 0.2) is 18.2 Å². The molecule has 0 aliphatic rings. The van der Waals surface area contributed by atoms with Crippen LogP contribution >= 0.6 is 0 Å². The molecular weight excluding hydrogens is 261 g/mol. The number of nitrogens with zero attached hydrogens (tertiary/aromatic N) is 1. The van der Waals surface area contributed by atoms with Gasteiger partial charge in [0.1, 0.15) is 0 Å². The number of rotatable bonds is 5. The van der Waals surface area contributed by atoms with Crippen LogP contribution in [0, 0.1) is 20.8 Å². The Hall–Kier alpha value is -0.770. The van der Waals surface area contributed by atoms with Gasteiger partial charge >= 0.3 is 29.6 Å². The van der Waals surface area contributed by atoms with Crippen molar-refractivity contribution in [3.8, 4) is 0 Å². The molecule has 0 saturated heterocycles. The van der Waals surface area contributed by atoms with Crippen molar-refractivity contribution in [3.63, 3.8) is 0 Å². The average Bonchev–Trinajstić information content (AvgIpc) is 2.67. The molecule has 20 heavy (non-hydrogen) atoms. The molecule has 0 aliphatic carbocycles. The normalized spacial score (nSPS) is 10.6. The number of carboxylic acids is 1.